The Balaban J connectivity index is 1.53. The van der Waals surface area contributed by atoms with E-state index in [1.165, 1.54) is 12.1 Å². The van der Waals surface area contributed by atoms with Crippen molar-refractivity contribution in [3.63, 3.8) is 0 Å². The third-order valence-corrected chi connectivity index (χ3v) is 4.73. The minimum Gasteiger partial charge on any atom is -0.443 e. The molecular formula is C20H20FN5O2. The third-order valence-electron chi connectivity index (χ3n) is 4.73. The lowest BCUT2D eigenvalue weighted by Gasteiger charge is -2.22. The van der Waals surface area contributed by atoms with Gasteiger partial charge in [-0.05, 0) is 43.5 Å². The van der Waals surface area contributed by atoms with E-state index in [2.05, 4.69) is 15.0 Å². The molecular weight excluding hydrogens is 361 g/mol. The number of carbonyl (C=O) groups excluding carboxylic acids is 1. The SMILES string of the molecule is Cc1cc(C(=O)N2CCCC2c2ncc(Cc3cccc(F)c3)o2)nc(N)n1. The molecule has 0 bridgehead atoms. The zero-order valence-corrected chi connectivity index (χ0v) is 15.4. The van der Waals surface area contributed by atoms with Crippen molar-refractivity contribution in [1.29, 1.82) is 0 Å². The maximum absolute atomic E-state index is 13.4. The lowest BCUT2D eigenvalue weighted by Crippen LogP contribution is -2.31. The molecule has 1 aromatic carbocycles. The average molecular weight is 381 g/mol. The second-order valence-corrected chi connectivity index (χ2v) is 6.88. The zero-order valence-electron chi connectivity index (χ0n) is 15.4. The first kappa shape index (κ1) is 18.1. The zero-order chi connectivity index (χ0) is 19.7. The Morgan fingerprint density at radius 1 is 1.36 bits per heavy atom. The van der Waals surface area contributed by atoms with Crippen LogP contribution < -0.4 is 5.73 Å². The van der Waals surface area contributed by atoms with E-state index in [0.29, 0.717) is 30.3 Å². The normalized spacial score (nSPS) is 16.5. The number of nitrogens with two attached hydrogens (primary N) is 1. The quantitative estimate of drug-likeness (QED) is 0.746. The van der Waals surface area contributed by atoms with E-state index in [9.17, 15) is 9.18 Å². The molecule has 3 aromatic rings. The van der Waals surface area contributed by atoms with Gasteiger partial charge in [0.1, 0.15) is 23.3 Å². The van der Waals surface area contributed by atoms with Crippen molar-refractivity contribution in [2.24, 2.45) is 0 Å². The van der Waals surface area contributed by atoms with Crippen molar-refractivity contribution in [1.82, 2.24) is 19.9 Å². The predicted molar refractivity (Wildman–Crippen MR) is 99.9 cm³/mol. The van der Waals surface area contributed by atoms with E-state index in [1.807, 2.05) is 6.07 Å². The van der Waals surface area contributed by atoms with Crippen molar-refractivity contribution < 1.29 is 13.6 Å². The summed E-state index contributed by atoms with van der Waals surface area (Å²) in [6.45, 7) is 2.36. The van der Waals surface area contributed by atoms with Gasteiger partial charge in [-0.25, -0.2) is 19.3 Å². The first-order valence-corrected chi connectivity index (χ1v) is 9.11. The molecule has 144 valence electrons. The van der Waals surface area contributed by atoms with Crippen LogP contribution in [0.5, 0.6) is 0 Å². The molecule has 4 rings (SSSR count). The van der Waals surface area contributed by atoms with Gasteiger partial charge in [-0.2, -0.15) is 0 Å². The van der Waals surface area contributed by atoms with Gasteiger partial charge in [0, 0.05) is 18.7 Å². The summed E-state index contributed by atoms with van der Waals surface area (Å²) in [4.78, 5) is 27.1. The number of hydrogen-bond donors (Lipinski definition) is 1. The van der Waals surface area contributed by atoms with Crippen LogP contribution in [0.15, 0.2) is 40.9 Å². The number of oxazole rings is 1. The molecule has 0 aliphatic carbocycles. The van der Waals surface area contributed by atoms with Crippen molar-refractivity contribution in [2.75, 3.05) is 12.3 Å². The topological polar surface area (TPSA) is 98.1 Å². The van der Waals surface area contributed by atoms with Crippen molar-refractivity contribution in [3.05, 3.63) is 70.9 Å². The second kappa shape index (κ2) is 7.38. The minimum absolute atomic E-state index is 0.0765. The van der Waals surface area contributed by atoms with Gasteiger partial charge in [-0.3, -0.25) is 4.79 Å². The van der Waals surface area contributed by atoms with Gasteiger partial charge >= 0.3 is 0 Å². The summed E-state index contributed by atoms with van der Waals surface area (Å²) in [5.74, 6) is 0.680. The molecule has 2 N–H and O–H groups in total. The maximum atomic E-state index is 13.4. The molecule has 0 radical (unpaired) electrons. The van der Waals surface area contributed by atoms with E-state index in [-0.39, 0.29) is 29.4 Å². The van der Waals surface area contributed by atoms with Gasteiger partial charge in [0.25, 0.3) is 5.91 Å². The number of carbonyl (C=O) groups is 1. The number of nitrogen functional groups attached to an aromatic ring is 1. The van der Waals surface area contributed by atoms with Crippen LogP contribution in [0, 0.1) is 12.7 Å². The molecule has 1 unspecified atom stereocenters. The van der Waals surface area contributed by atoms with Crippen LogP contribution in [0.25, 0.3) is 0 Å². The van der Waals surface area contributed by atoms with Crippen LogP contribution in [-0.4, -0.2) is 32.3 Å². The minimum atomic E-state index is -0.288. The van der Waals surface area contributed by atoms with Crippen LogP contribution in [-0.2, 0) is 6.42 Å². The van der Waals surface area contributed by atoms with Crippen molar-refractivity contribution >= 4 is 11.9 Å². The molecule has 1 saturated heterocycles. The highest BCUT2D eigenvalue weighted by atomic mass is 19.1. The first-order valence-electron chi connectivity index (χ1n) is 9.11. The van der Waals surface area contributed by atoms with Crippen molar-refractivity contribution in [3.8, 4) is 0 Å². The van der Waals surface area contributed by atoms with Gasteiger partial charge < -0.3 is 15.1 Å². The summed E-state index contributed by atoms with van der Waals surface area (Å²) in [6.07, 6.45) is 3.67. The maximum Gasteiger partial charge on any atom is 0.273 e. The smallest absolute Gasteiger partial charge is 0.273 e. The Hall–Kier alpha value is -3.29. The largest absolute Gasteiger partial charge is 0.443 e. The fraction of sp³-hybridized carbons (Fsp3) is 0.300. The third kappa shape index (κ3) is 3.71. The van der Waals surface area contributed by atoms with Crippen LogP contribution >= 0.6 is 0 Å². The Labute approximate surface area is 161 Å². The number of aromatic nitrogens is 3. The number of anilines is 1. The van der Waals surface area contributed by atoms with E-state index >= 15 is 0 Å². The Kier molecular flexibility index (Phi) is 4.77. The number of aryl methyl sites for hydroxylation is 1. The lowest BCUT2D eigenvalue weighted by molar-refractivity contribution is 0.0708. The number of rotatable bonds is 4. The van der Waals surface area contributed by atoms with Gasteiger partial charge in [-0.1, -0.05) is 12.1 Å². The Bertz CT molecular complexity index is 999. The van der Waals surface area contributed by atoms with Crippen LogP contribution in [0.3, 0.4) is 0 Å². The highest BCUT2D eigenvalue weighted by Gasteiger charge is 2.34. The number of likely N-dealkylation sites (tertiary alicyclic amines) is 1. The summed E-state index contributed by atoms with van der Waals surface area (Å²) in [6, 6.07) is 7.73. The van der Waals surface area contributed by atoms with Crippen molar-refractivity contribution in [2.45, 2.75) is 32.2 Å². The van der Waals surface area contributed by atoms with E-state index in [0.717, 1.165) is 18.4 Å². The standard InChI is InChI=1S/C20H20FN5O2/c1-12-8-16(25-20(22)24-12)19(27)26-7-3-6-17(26)18-23-11-15(28-18)10-13-4-2-5-14(21)9-13/h2,4-5,8-9,11,17H,3,6-7,10H2,1H3,(H2,22,24,25). The number of amides is 1. The molecule has 8 heteroatoms. The number of halogens is 1. The molecule has 3 heterocycles. The molecule has 7 nitrogen and oxygen atoms in total. The fourth-order valence-electron chi connectivity index (χ4n) is 3.52. The van der Waals surface area contributed by atoms with Crippen LogP contribution in [0.1, 0.15) is 52.3 Å². The summed E-state index contributed by atoms with van der Waals surface area (Å²) < 4.78 is 19.3. The molecule has 2 aromatic heterocycles. The monoisotopic (exact) mass is 381 g/mol. The molecule has 28 heavy (non-hydrogen) atoms. The molecule has 1 atom stereocenters. The van der Waals surface area contributed by atoms with Crippen LogP contribution in [0.4, 0.5) is 10.3 Å². The van der Waals surface area contributed by atoms with E-state index in [1.54, 1.807) is 30.2 Å². The molecule has 1 fully saturated rings. The number of hydrogen-bond acceptors (Lipinski definition) is 6. The van der Waals surface area contributed by atoms with Gasteiger partial charge in [0.15, 0.2) is 0 Å². The lowest BCUT2D eigenvalue weighted by atomic mass is 10.1. The number of benzene rings is 1. The predicted octanol–water partition coefficient (Wildman–Crippen LogP) is 3.06. The van der Waals surface area contributed by atoms with E-state index in [4.69, 9.17) is 10.2 Å². The molecule has 1 aliphatic rings. The van der Waals surface area contributed by atoms with Crippen LogP contribution in [0.2, 0.25) is 0 Å². The first-order chi connectivity index (χ1) is 13.5. The Morgan fingerprint density at radius 3 is 3.00 bits per heavy atom. The molecule has 0 saturated carbocycles. The number of nitrogens with zero attached hydrogens (tertiary/aromatic N) is 4. The molecule has 1 aliphatic heterocycles. The Morgan fingerprint density at radius 2 is 2.21 bits per heavy atom. The second-order valence-electron chi connectivity index (χ2n) is 6.88. The fourth-order valence-corrected chi connectivity index (χ4v) is 3.52. The average Bonchev–Trinajstić information content (AvgIpc) is 3.29. The summed E-state index contributed by atoms with van der Waals surface area (Å²) in [7, 11) is 0. The van der Waals surface area contributed by atoms with Gasteiger partial charge in [0.05, 0.1) is 6.20 Å². The van der Waals surface area contributed by atoms with Gasteiger partial charge in [0.2, 0.25) is 11.8 Å². The van der Waals surface area contributed by atoms with Gasteiger partial charge in [-0.15, -0.1) is 0 Å². The molecule has 1 amide bonds. The summed E-state index contributed by atoms with van der Waals surface area (Å²) in [5, 5.41) is 0. The highest BCUT2D eigenvalue weighted by Crippen LogP contribution is 2.33. The summed E-state index contributed by atoms with van der Waals surface area (Å²) in [5.41, 5.74) is 7.38. The summed E-state index contributed by atoms with van der Waals surface area (Å²) >= 11 is 0. The highest BCUT2D eigenvalue weighted by molar-refractivity contribution is 5.93. The van der Waals surface area contributed by atoms with E-state index < -0.39 is 0 Å². The molecule has 0 spiro atoms.